The fourth-order valence-corrected chi connectivity index (χ4v) is 3.84. The maximum absolute atomic E-state index is 14.6. The number of rotatable bonds is 4. The molecule has 7 nitrogen and oxygen atoms in total. The topological polar surface area (TPSA) is 81.2 Å². The van der Waals surface area contributed by atoms with E-state index < -0.39 is 5.82 Å². The van der Waals surface area contributed by atoms with Gasteiger partial charge in [-0.3, -0.25) is 10.00 Å². The summed E-state index contributed by atoms with van der Waals surface area (Å²) in [7, 11) is 2.16. The minimum absolute atomic E-state index is 0.0531. The molecule has 1 fully saturated rings. The lowest BCUT2D eigenvalue weighted by atomic mass is 10.0. The van der Waals surface area contributed by atoms with Gasteiger partial charge in [-0.2, -0.15) is 5.10 Å². The molecule has 3 heterocycles. The summed E-state index contributed by atoms with van der Waals surface area (Å²) in [6.45, 7) is 8.45. The predicted octanol–water partition coefficient (Wildman–Crippen LogP) is 3.69. The average molecular weight is 410 g/mol. The number of phenolic OH excluding ortho intramolecular Hbond substituents is 1. The first-order valence-corrected chi connectivity index (χ1v) is 10.1. The summed E-state index contributed by atoms with van der Waals surface area (Å²) >= 11 is 0. The van der Waals surface area contributed by atoms with E-state index in [0.717, 1.165) is 25.3 Å². The zero-order valence-electron chi connectivity index (χ0n) is 17.7. The molecular formula is C22H27FN6O. The average Bonchev–Trinajstić information content (AvgIpc) is 3.40. The third-order valence-electron chi connectivity index (χ3n) is 5.91. The Bertz CT molecular complexity index is 1010. The molecule has 158 valence electrons. The summed E-state index contributed by atoms with van der Waals surface area (Å²) in [5, 5.41) is 25.5. The first-order valence-electron chi connectivity index (χ1n) is 10.1. The monoisotopic (exact) mass is 410 g/mol. The van der Waals surface area contributed by atoms with E-state index in [0.29, 0.717) is 22.9 Å². The number of halogens is 1. The molecule has 0 spiro atoms. The highest BCUT2D eigenvalue weighted by Crippen LogP contribution is 2.35. The Morgan fingerprint density at radius 3 is 2.63 bits per heavy atom. The van der Waals surface area contributed by atoms with Crippen molar-refractivity contribution in [2.75, 3.05) is 25.0 Å². The van der Waals surface area contributed by atoms with Crippen LogP contribution in [0.15, 0.2) is 36.7 Å². The van der Waals surface area contributed by atoms with Crippen molar-refractivity contribution in [3.63, 3.8) is 0 Å². The molecule has 8 heteroatoms. The van der Waals surface area contributed by atoms with E-state index in [1.165, 1.54) is 18.3 Å². The van der Waals surface area contributed by atoms with Gasteiger partial charge in [0.15, 0.2) is 5.82 Å². The molecule has 1 unspecified atom stereocenters. The Labute approximate surface area is 175 Å². The van der Waals surface area contributed by atoms with Crippen LogP contribution in [0.4, 0.5) is 10.2 Å². The van der Waals surface area contributed by atoms with Gasteiger partial charge in [0.1, 0.15) is 11.6 Å². The largest absolute Gasteiger partial charge is 0.507 e. The molecule has 2 N–H and O–H groups in total. The van der Waals surface area contributed by atoms with Gasteiger partial charge in [-0.15, -0.1) is 10.2 Å². The number of likely N-dealkylation sites (N-methyl/N-ethyl adjacent to an activating group) is 1. The molecule has 1 aliphatic heterocycles. The highest BCUT2D eigenvalue weighted by molar-refractivity contribution is 5.74. The van der Waals surface area contributed by atoms with Crippen molar-refractivity contribution in [2.45, 2.75) is 38.8 Å². The van der Waals surface area contributed by atoms with Gasteiger partial charge < -0.3 is 10.0 Å². The molecule has 0 radical (unpaired) electrons. The van der Waals surface area contributed by atoms with Gasteiger partial charge in [-0.25, -0.2) is 4.39 Å². The number of phenols is 1. The number of hydrogen-bond acceptors (Lipinski definition) is 6. The van der Waals surface area contributed by atoms with Crippen molar-refractivity contribution in [3.05, 3.63) is 42.5 Å². The third-order valence-corrected chi connectivity index (χ3v) is 5.91. The summed E-state index contributed by atoms with van der Waals surface area (Å²) < 4.78 is 14.6. The van der Waals surface area contributed by atoms with E-state index in [-0.39, 0.29) is 16.9 Å². The van der Waals surface area contributed by atoms with E-state index in [2.05, 4.69) is 58.0 Å². The van der Waals surface area contributed by atoms with Crippen LogP contribution in [0.25, 0.3) is 22.4 Å². The molecule has 4 rings (SSSR count). The maximum Gasteiger partial charge on any atom is 0.151 e. The van der Waals surface area contributed by atoms with Crippen LogP contribution in [0.2, 0.25) is 0 Å². The van der Waals surface area contributed by atoms with Gasteiger partial charge in [0.25, 0.3) is 0 Å². The molecule has 1 aromatic carbocycles. The molecule has 0 amide bonds. The van der Waals surface area contributed by atoms with E-state index in [1.54, 1.807) is 12.3 Å². The van der Waals surface area contributed by atoms with Crippen LogP contribution in [-0.2, 0) is 0 Å². The van der Waals surface area contributed by atoms with Crippen molar-refractivity contribution >= 4 is 5.82 Å². The van der Waals surface area contributed by atoms with Crippen LogP contribution in [0.3, 0.4) is 0 Å². The van der Waals surface area contributed by atoms with E-state index in [1.807, 2.05) is 6.07 Å². The SMILES string of the molecule is CN(C1CCN(c2ccc(-c3cc(F)c(-c4cn[nH]c4)cc3O)nn2)C1)C(C)(C)C. The number of H-pyrrole nitrogens is 1. The van der Waals surface area contributed by atoms with Crippen LogP contribution < -0.4 is 4.90 Å². The second kappa shape index (κ2) is 7.68. The minimum atomic E-state index is -0.456. The molecule has 1 atom stereocenters. The van der Waals surface area contributed by atoms with Gasteiger partial charge in [-0.1, -0.05) is 0 Å². The molecule has 0 saturated carbocycles. The van der Waals surface area contributed by atoms with Gasteiger partial charge in [0.2, 0.25) is 0 Å². The third kappa shape index (κ3) is 3.87. The van der Waals surface area contributed by atoms with Crippen LogP contribution in [-0.4, -0.2) is 62.1 Å². The molecule has 2 aromatic heterocycles. The number of aromatic amines is 1. The lowest BCUT2D eigenvalue weighted by Gasteiger charge is -2.36. The summed E-state index contributed by atoms with van der Waals surface area (Å²) in [5.74, 6) is 0.281. The lowest BCUT2D eigenvalue weighted by molar-refractivity contribution is 0.127. The van der Waals surface area contributed by atoms with Gasteiger partial charge >= 0.3 is 0 Å². The van der Waals surface area contributed by atoms with Crippen LogP contribution >= 0.6 is 0 Å². The molecule has 0 bridgehead atoms. The first kappa shape index (κ1) is 20.3. The van der Waals surface area contributed by atoms with Crippen molar-refractivity contribution in [2.24, 2.45) is 0 Å². The normalized spacial score (nSPS) is 17.1. The van der Waals surface area contributed by atoms with Crippen LogP contribution in [0.5, 0.6) is 5.75 Å². The molecule has 0 aliphatic carbocycles. The van der Waals surface area contributed by atoms with Crippen molar-refractivity contribution < 1.29 is 9.50 Å². The number of nitrogens with one attached hydrogen (secondary N) is 1. The molecule has 30 heavy (non-hydrogen) atoms. The molecular weight excluding hydrogens is 383 g/mol. The minimum Gasteiger partial charge on any atom is -0.507 e. The highest BCUT2D eigenvalue weighted by atomic mass is 19.1. The Kier molecular flexibility index (Phi) is 5.19. The fraction of sp³-hybridized carbons (Fsp3) is 0.409. The Hall–Kier alpha value is -3.00. The molecule has 3 aromatic rings. The van der Waals surface area contributed by atoms with E-state index >= 15 is 0 Å². The summed E-state index contributed by atoms with van der Waals surface area (Å²) in [4.78, 5) is 4.61. The second-order valence-corrected chi connectivity index (χ2v) is 8.78. The predicted molar refractivity (Wildman–Crippen MR) is 115 cm³/mol. The zero-order chi connectivity index (χ0) is 21.5. The Balaban J connectivity index is 1.53. The number of aromatic hydroxyl groups is 1. The van der Waals surface area contributed by atoms with Crippen molar-refractivity contribution in [1.82, 2.24) is 25.3 Å². The first-order chi connectivity index (χ1) is 14.2. The number of aromatic nitrogens is 4. The van der Waals surface area contributed by atoms with E-state index in [9.17, 15) is 9.50 Å². The van der Waals surface area contributed by atoms with Gasteiger partial charge in [0, 0.05) is 47.6 Å². The molecule has 1 saturated heterocycles. The van der Waals surface area contributed by atoms with Gasteiger partial charge in [0.05, 0.1) is 11.9 Å². The van der Waals surface area contributed by atoms with Crippen molar-refractivity contribution in [1.29, 1.82) is 0 Å². The number of hydrogen-bond donors (Lipinski definition) is 2. The second-order valence-electron chi connectivity index (χ2n) is 8.78. The quantitative estimate of drug-likeness (QED) is 0.683. The molecule has 1 aliphatic rings. The van der Waals surface area contributed by atoms with Crippen LogP contribution in [0.1, 0.15) is 27.2 Å². The Morgan fingerprint density at radius 2 is 2.00 bits per heavy atom. The zero-order valence-corrected chi connectivity index (χ0v) is 17.7. The summed E-state index contributed by atoms with van der Waals surface area (Å²) in [6.07, 6.45) is 4.15. The number of benzene rings is 1. The van der Waals surface area contributed by atoms with Gasteiger partial charge in [-0.05, 0) is 58.5 Å². The fourth-order valence-electron chi connectivity index (χ4n) is 3.84. The summed E-state index contributed by atoms with van der Waals surface area (Å²) in [6, 6.07) is 6.78. The number of anilines is 1. The maximum atomic E-state index is 14.6. The Morgan fingerprint density at radius 1 is 1.20 bits per heavy atom. The highest BCUT2D eigenvalue weighted by Gasteiger charge is 2.31. The van der Waals surface area contributed by atoms with Crippen LogP contribution in [0, 0.1) is 5.82 Å². The van der Waals surface area contributed by atoms with Crippen molar-refractivity contribution in [3.8, 4) is 28.1 Å². The lowest BCUT2D eigenvalue weighted by Crippen LogP contribution is -2.46. The summed E-state index contributed by atoms with van der Waals surface area (Å²) in [5.41, 5.74) is 1.70. The van der Waals surface area contributed by atoms with E-state index in [4.69, 9.17) is 0 Å². The smallest absolute Gasteiger partial charge is 0.151 e. The standard InChI is InChI=1S/C22H27FN6O/c1-22(2,3)28(4)15-7-8-29(13-15)21-6-5-19(26-27-21)17-9-18(23)16(10-20(17)30)14-11-24-25-12-14/h5-6,9-12,15,30H,7-8,13H2,1-4H3,(H,24,25). The number of nitrogens with zero attached hydrogens (tertiary/aromatic N) is 5.